The molecule has 0 aliphatic carbocycles. The molecule has 0 atom stereocenters. The highest BCUT2D eigenvalue weighted by Crippen LogP contribution is 2.29. The van der Waals surface area contributed by atoms with Crippen molar-refractivity contribution in [2.24, 2.45) is 0 Å². The molecular weight excluding hydrogens is 409 g/mol. The third-order valence-electron chi connectivity index (χ3n) is 2.74. The lowest BCUT2D eigenvalue weighted by Crippen LogP contribution is -2.03. The number of rotatable bonds is 2. The molecule has 0 saturated heterocycles. The number of para-hydroxylation sites is 1. The van der Waals surface area contributed by atoms with Crippen LogP contribution in [0.1, 0.15) is 16.2 Å². The van der Waals surface area contributed by atoms with Gasteiger partial charge >= 0.3 is 0 Å². The summed E-state index contributed by atoms with van der Waals surface area (Å²) < 4.78 is 6.93. The molecule has 0 fully saturated rings. The number of benzene rings is 1. The highest BCUT2D eigenvalue weighted by atomic mass is 79.9. The molecule has 0 spiro atoms. The number of ketones is 1. The molecule has 3 rings (SSSR count). The molecule has 3 aromatic rings. The lowest BCUT2D eigenvalue weighted by molar-refractivity contribution is 0.101. The van der Waals surface area contributed by atoms with E-state index in [1.54, 1.807) is 24.4 Å². The van der Waals surface area contributed by atoms with Crippen LogP contribution in [0.2, 0.25) is 5.02 Å². The molecule has 100 valence electrons. The quantitative estimate of drug-likeness (QED) is 0.538. The first kappa shape index (κ1) is 13.8. The molecule has 2 heterocycles. The summed E-state index contributed by atoms with van der Waals surface area (Å²) in [4.78, 5) is 16.5. The van der Waals surface area contributed by atoms with Crippen LogP contribution in [0, 0.1) is 0 Å². The van der Waals surface area contributed by atoms with Gasteiger partial charge in [-0.15, -0.1) is 0 Å². The molecule has 0 N–H and O–H groups in total. The van der Waals surface area contributed by atoms with E-state index in [0.717, 1.165) is 9.86 Å². The number of hydrogen-bond acceptors (Lipinski definition) is 3. The summed E-state index contributed by atoms with van der Waals surface area (Å²) in [7, 11) is 0. The Morgan fingerprint density at radius 2 is 2.05 bits per heavy atom. The fraction of sp³-hybridized carbons (Fsp3) is 0. The number of carbonyl (C=O) groups excluding carboxylic acids is 1. The minimum atomic E-state index is -0.295. The van der Waals surface area contributed by atoms with Gasteiger partial charge in [-0.2, -0.15) is 0 Å². The molecule has 2 aromatic heterocycles. The number of aromatic nitrogens is 1. The van der Waals surface area contributed by atoms with Crippen LogP contribution in [0.5, 0.6) is 0 Å². The number of pyridine rings is 1. The van der Waals surface area contributed by atoms with Gasteiger partial charge in [0, 0.05) is 20.5 Å². The van der Waals surface area contributed by atoms with Crippen molar-refractivity contribution in [2.45, 2.75) is 0 Å². The maximum absolute atomic E-state index is 12.4. The lowest BCUT2D eigenvalue weighted by atomic mass is 10.2. The first-order valence-corrected chi connectivity index (χ1v) is 7.56. The van der Waals surface area contributed by atoms with Gasteiger partial charge in [0.15, 0.2) is 11.3 Å². The van der Waals surface area contributed by atoms with Gasteiger partial charge in [-0.05, 0) is 50.1 Å². The second-order valence-electron chi connectivity index (χ2n) is 4.08. The monoisotopic (exact) mass is 413 g/mol. The number of nitrogens with zero attached hydrogens (tertiary/aromatic N) is 1. The number of hydrogen-bond donors (Lipinski definition) is 0. The van der Waals surface area contributed by atoms with Gasteiger partial charge < -0.3 is 4.42 Å². The summed E-state index contributed by atoms with van der Waals surface area (Å²) >= 11 is 12.7. The van der Waals surface area contributed by atoms with Gasteiger partial charge in [-0.1, -0.05) is 23.7 Å². The number of fused-ring (bicyclic) bond motifs is 1. The Morgan fingerprint density at radius 1 is 1.25 bits per heavy atom. The topological polar surface area (TPSA) is 43.1 Å². The van der Waals surface area contributed by atoms with Crippen molar-refractivity contribution < 1.29 is 9.21 Å². The Balaban J connectivity index is 2.10. The smallest absolute Gasteiger partial charge is 0.247 e. The molecule has 0 amide bonds. The van der Waals surface area contributed by atoms with E-state index in [1.807, 2.05) is 12.1 Å². The first-order valence-electron chi connectivity index (χ1n) is 5.60. The van der Waals surface area contributed by atoms with E-state index >= 15 is 0 Å². The van der Waals surface area contributed by atoms with E-state index in [9.17, 15) is 4.79 Å². The number of carbonyl (C=O) groups is 1. The van der Waals surface area contributed by atoms with E-state index in [-0.39, 0.29) is 11.5 Å². The minimum absolute atomic E-state index is 0.212. The molecule has 1 aromatic carbocycles. The van der Waals surface area contributed by atoms with Gasteiger partial charge in [0.1, 0.15) is 5.69 Å². The minimum Gasteiger partial charge on any atom is -0.451 e. The molecule has 20 heavy (non-hydrogen) atoms. The van der Waals surface area contributed by atoms with Crippen molar-refractivity contribution in [3.05, 3.63) is 62.0 Å². The molecule has 0 radical (unpaired) electrons. The maximum atomic E-state index is 12.4. The zero-order chi connectivity index (χ0) is 14.3. The van der Waals surface area contributed by atoms with Crippen molar-refractivity contribution in [3.63, 3.8) is 0 Å². The van der Waals surface area contributed by atoms with Crippen LogP contribution >= 0.6 is 43.5 Å². The zero-order valence-electron chi connectivity index (χ0n) is 9.86. The van der Waals surface area contributed by atoms with Gasteiger partial charge in [-0.25, -0.2) is 0 Å². The summed E-state index contributed by atoms with van der Waals surface area (Å²) in [6.45, 7) is 0. The van der Waals surface area contributed by atoms with Crippen molar-refractivity contribution in [1.82, 2.24) is 4.98 Å². The number of furan rings is 1. The Morgan fingerprint density at radius 3 is 2.75 bits per heavy atom. The van der Waals surface area contributed by atoms with E-state index in [1.165, 1.54) is 0 Å². The Labute approximate surface area is 136 Å². The fourth-order valence-corrected chi connectivity index (χ4v) is 3.23. The van der Waals surface area contributed by atoms with E-state index in [4.69, 9.17) is 16.0 Å². The van der Waals surface area contributed by atoms with Crippen molar-refractivity contribution in [1.29, 1.82) is 0 Å². The predicted octanol–water partition coefficient (Wildman–Crippen LogP) is 5.24. The van der Waals surface area contributed by atoms with Gasteiger partial charge in [0.2, 0.25) is 5.78 Å². The Bertz CT molecular complexity index is 829. The summed E-state index contributed by atoms with van der Waals surface area (Å²) in [5.74, 6) is -0.0831. The largest absolute Gasteiger partial charge is 0.451 e. The second-order valence-corrected chi connectivity index (χ2v) is 6.26. The molecule has 3 nitrogen and oxygen atoms in total. The highest BCUT2D eigenvalue weighted by Gasteiger charge is 2.19. The van der Waals surface area contributed by atoms with Crippen LogP contribution < -0.4 is 0 Å². The van der Waals surface area contributed by atoms with Crippen LogP contribution in [-0.4, -0.2) is 10.8 Å². The molecule has 0 aliphatic rings. The maximum Gasteiger partial charge on any atom is 0.247 e. The summed E-state index contributed by atoms with van der Waals surface area (Å²) in [6, 6.07) is 8.79. The number of halogens is 3. The van der Waals surface area contributed by atoms with Crippen LogP contribution in [0.4, 0.5) is 0 Å². The lowest BCUT2D eigenvalue weighted by Gasteiger charge is -2.00. The fourth-order valence-electron chi connectivity index (χ4n) is 1.84. The average molecular weight is 415 g/mol. The standard InChI is InChI=1S/C14H6Br2ClNO2/c15-8-5-9(16)12(18-6-8)13(19)11-4-7-2-1-3-10(17)14(7)20-11/h1-6H. The SMILES string of the molecule is O=C(c1cc2cccc(Cl)c2o1)c1ncc(Br)cc1Br. The molecule has 6 heteroatoms. The molecular formula is C14H6Br2ClNO2. The van der Waals surface area contributed by atoms with Crippen LogP contribution in [0.3, 0.4) is 0 Å². The van der Waals surface area contributed by atoms with Crippen molar-refractivity contribution in [2.75, 3.05) is 0 Å². The van der Waals surface area contributed by atoms with Gasteiger partial charge in [-0.3, -0.25) is 9.78 Å². The van der Waals surface area contributed by atoms with Crippen LogP contribution in [-0.2, 0) is 0 Å². The van der Waals surface area contributed by atoms with Gasteiger partial charge in [0.05, 0.1) is 5.02 Å². The highest BCUT2D eigenvalue weighted by molar-refractivity contribution is 9.11. The zero-order valence-corrected chi connectivity index (χ0v) is 13.8. The molecule has 0 bridgehead atoms. The predicted molar refractivity (Wildman–Crippen MR) is 84.3 cm³/mol. The third-order valence-corrected chi connectivity index (χ3v) is 4.08. The van der Waals surface area contributed by atoms with E-state index in [2.05, 4.69) is 36.8 Å². The summed E-state index contributed by atoms with van der Waals surface area (Å²) in [6.07, 6.45) is 1.56. The Kier molecular flexibility index (Phi) is 3.67. The second kappa shape index (κ2) is 5.31. The normalized spacial score (nSPS) is 10.9. The van der Waals surface area contributed by atoms with Gasteiger partial charge in [0.25, 0.3) is 0 Å². The summed E-state index contributed by atoms with van der Waals surface area (Å²) in [5, 5.41) is 1.26. The van der Waals surface area contributed by atoms with Crippen LogP contribution in [0.15, 0.2) is 49.9 Å². The average Bonchev–Trinajstić information content (AvgIpc) is 2.83. The van der Waals surface area contributed by atoms with Crippen LogP contribution in [0.25, 0.3) is 11.0 Å². The van der Waals surface area contributed by atoms with Crippen molar-refractivity contribution in [3.8, 4) is 0 Å². The first-order chi connectivity index (χ1) is 9.56. The molecule has 0 unspecified atom stereocenters. The molecule has 0 saturated carbocycles. The Hall–Kier alpha value is -1.17. The van der Waals surface area contributed by atoms with E-state index in [0.29, 0.717) is 20.8 Å². The van der Waals surface area contributed by atoms with E-state index < -0.39 is 0 Å². The van der Waals surface area contributed by atoms with Crippen molar-refractivity contribution >= 4 is 60.2 Å². The molecule has 0 aliphatic heterocycles. The third kappa shape index (κ3) is 2.41. The summed E-state index contributed by atoms with van der Waals surface area (Å²) in [5.41, 5.74) is 0.800.